The van der Waals surface area contributed by atoms with E-state index in [0.29, 0.717) is 18.9 Å². The molecular formula is C11H23N3O2. The Morgan fingerprint density at radius 1 is 1.38 bits per heavy atom. The summed E-state index contributed by atoms with van der Waals surface area (Å²) < 4.78 is 4.55. The van der Waals surface area contributed by atoms with Gasteiger partial charge in [-0.05, 0) is 12.8 Å². The first-order chi connectivity index (χ1) is 7.60. The van der Waals surface area contributed by atoms with E-state index in [1.807, 2.05) is 6.92 Å². The Morgan fingerprint density at radius 2 is 2.06 bits per heavy atom. The van der Waals surface area contributed by atoms with Crippen molar-refractivity contribution in [2.75, 3.05) is 26.7 Å². The molecule has 0 aromatic carbocycles. The van der Waals surface area contributed by atoms with Crippen molar-refractivity contribution in [3.8, 4) is 0 Å². The summed E-state index contributed by atoms with van der Waals surface area (Å²) in [6, 6.07) is 0. The maximum Gasteiger partial charge on any atom is 0.307 e. The molecule has 94 valence electrons. The molecule has 0 unspecified atom stereocenters. The number of guanidine groups is 1. The maximum absolute atomic E-state index is 10.9. The van der Waals surface area contributed by atoms with Crippen LogP contribution in [0.25, 0.3) is 0 Å². The first kappa shape index (κ1) is 14.7. The van der Waals surface area contributed by atoms with E-state index in [4.69, 9.17) is 0 Å². The molecule has 16 heavy (non-hydrogen) atoms. The summed E-state index contributed by atoms with van der Waals surface area (Å²) >= 11 is 0. The van der Waals surface area contributed by atoms with Crippen LogP contribution in [0.2, 0.25) is 0 Å². The van der Waals surface area contributed by atoms with Crippen LogP contribution in [-0.4, -0.2) is 38.7 Å². The van der Waals surface area contributed by atoms with Gasteiger partial charge in [-0.1, -0.05) is 13.8 Å². The summed E-state index contributed by atoms with van der Waals surface area (Å²) in [5.74, 6) is 1.06. The third-order valence-corrected chi connectivity index (χ3v) is 1.81. The molecule has 0 fully saturated rings. The highest BCUT2D eigenvalue weighted by Crippen LogP contribution is 1.91. The van der Waals surface area contributed by atoms with Crippen LogP contribution < -0.4 is 10.6 Å². The Balaban J connectivity index is 3.93. The van der Waals surface area contributed by atoms with Crippen molar-refractivity contribution in [3.05, 3.63) is 0 Å². The first-order valence-electron chi connectivity index (χ1n) is 5.69. The smallest absolute Gasteiger partial charge is 0.307 e. The standard InChI is InChI=1S/C11H23N3O2/c1-5-12-11(14-8-9(2)3)13-7-6-10(15)16-4/h9H,5-8H2,1-4H3,(H2,12,13,14). The summed E-state index contributed by atoms with van der Waals surface area (Å²) in [4.78, 5) is 15.3. The predicted octanol–water partition coefficient (Wildman–Crippen LogP) is 0.761. The fourth-order valence-electron chi connectivity index (χ4n) is 1.00. The van der Waals surface area contributed by atoms with Crippen LogP contribution in [0, 0.1) is 5.92 Å². The van der Waals surface area contributed by atoms with Crippen LogP contribution >= 0.6 is 0 Å². The SMILES string of the molecule is CCNC(=NCC(C)C)NCCC(=O)OC. The molecule has 0 amide bonds. The normalized spacial score (nSPS) is 11.4. The molecule has 0 saturated heterocycles. The lowest BCUT2D eigenvalue weighted by atomic mass is 10.2. The van der Waals surface area contributed by atoms with E-state index in [-0.39, 0.29) is 5.97 Å². The van der Waals surface area contributed by atoms with Crippen LogP contribution in [0.15, 0.2) is 4.99 Å². The van der Waals surface area contributed by atoms with Crippen LogP contribution in [0.5, 0.6) is 0 Å². The van der Waals surface area contributed by atoms with Crippen molar-refractivity contribution < 1.29 is 9.53 Å². The average molecular weight is 229 g/mol. The molecule has 0 heterocycles. The lowest BCUT2D eigenvalue weighted by Gasteiger charge is -2.11. The van der Waals surface area contributed by atoms with Crippen molar-refractivity contribution in [2.45, 2.75) is 27.2 Å². The molecule has 0 saturated carbocycles. The van der Waals surface area contributed by atoms with Gasteiger partial charge in [0, 0.05) is 19.6 Å². The van der Waals surface area contributed by atoms with Gasteiger partial charge in [0.15, 0.2) is 5.96 Å². The molecular weight excluding hydrogens is 206 g/mol. The average Bonchev–Trinajstić information content (AvgIpc) is 2.25. The van der Waals surface area contributed by atoms with Crippen molar-refractivity contribution in [1.82, 2.24) is 10.6 Å². The predicted molar refractivity (Wildman–Crippen MR) is 65.5 cm³/mol. The monoisotopic (exact) mass is 229 g/mol. The van der Waals surface area contributed by atoms with Gasteiger partial charge in [0.25, 0.3) is 0 Å². The van der Waals surface area contributed by atoms with Gasteiger partial charge in [0.2, 0.25) is 0 Å². The molecule has 0 aliphatic rings. The van der Waals surface area contributed by atoms with Gasteiger partial charge in [-0.25, -0.2) is 0 Å². The Labute approximate surface area is 97.7 Å². The van der Waals surface area contributed by atoms with Crippen LogP contribution in [0.3, 0.4) is 0 Å². The van der Waals surface area contributed by atoms with E-state index in [9.17, 15) is 4.79 Å². The molecule has 0 spiro atoms. The second-order valence-electron chi connectivity index (χ2n) is 3.87. The number of carbonyl (C=O) groups excluding carboxylic acids is 1. The molecule has 0 aromatic heterocycles. The molecule has 5 heteroatoms. The molecule has 0 aromatic rings. The highest BCUT2D eigenvalue weighted by Gasteiger charge is 2.01. The third-order valence-electron chi connectivity index (χ3n) is 1.81. The van der Waals surface area contributed by atoms with E-state index >= 15 is 0 Å². The number of nitrogens with one attached hydrogen (secondary N) is 2. The highest BCUT2D eigenvalue weighted by atomic mass is 16.5. The van der Waals surface area contributed by atoms with Crippen LogP contribution in [0.1, 0.15) is 27.2 Å². The second kappa shape index (κ2) is 9.00. The summed E-state index contributed by atoms with van der Waals surface area (Å²) in [5, 5.41) is 6.20. The zero-order chi connectivity index (χ0) is 12.4. The minimum Gasteiger partial charge on any atom is -0.469 e. The number of rotatable bonds is 6. The number of esters is 1. The van der Waals surface area contributed by atoms with Gasteiger partial charge in [-0.3, -0.25) is 9.79 Å². The van der Waals surface area contributed by atoms with E-state index in [1.165, 1.54) is 7.11 Å². The quantitative estimate of drug-likeness (QED) is 0.401. The lowest BCUT2D eigenvalue weighted by Crippen LogP contribution is -2.38. The lowest BCUT2D eigenvalue weighted by molar-refractivity contribution is -0.140. The van der Waals surface area contributed by atoms with Crippen LogP contribution in [-0.2, 0) is 9.53 Å². The molecule has 0 aliphatic carbocycles. The van der Waals surface area contributed by atoms with E-state index in [1.54, 1.807) is 0 Å². The highest BCUT2D eigenvalue weighted by molar-refractivity contribution is 5.80. The zero-order valence-corrected chi connectivity index (χ0v) is 10.7. The largest absolute Gasteiger partial charge is 0.469 e. The fraction of sp³-hybridized carbons (Fsp3) is 0.818. The number of hydrogen-bond donors (Lipinski definition) is 2. The maximum atomic E-state index is 10.9. The van der Waals surface area contributed by atoms with Gasteiger partial charge in [-0.2, -0.15) is 0 Å². The zero-order valence-electron chi connectivity index (χ0n) is 10.7. The minimum atomic E-state index is -0.216. The van der Waals surface area contributed by atoms with Crippen molar-refractivity contribution >= 4 is 11.9 Å². The number of aliphatic imine (C=N–C) groups is 1. The molecule has 0 radical (unpaired) electrons. The Morgan fingerprint density at radius 3 is 2.56 bits per heavy atom. The van der Waals surface area contributed by atoms with Crippen molar-refractivity contribution in [1.29, 1.82) is 0 Å². The molecule has 0 atom stereocenters. The Bertz CT molecular complexity index is 227. The van der Waals surface area contributed by atoms with Gasteiger partial charge >= 0.3 is 5.97 Å². The minimum absolute atomic E-state index is 0.216. The number of hydrogen-bond acceptors (Lipinski definition) is 3. The second-order valence-corrected chi connectivity index (χ2v) is 3.87. The topological polar surface area (TPSA) is 62.7 Å². The Hall–Kier alpha value is -1.26. The van der Waals surface area contributed by atoms with Gasteiger partial charge in [0.1, 0.15) is 0 Å². The van der Waals surface area contributed by atoms with Crippen molar-refractivity contribution in [2.24, 2.45) is 10.9 Å². The van der Waals surface area contributed by atoms with E-state index in [0.717, 1.165) is 19.0 Å². The number of nitrogens with zero attached hydrogens (tertiary/aromatic N) is 1. The van der Waals surface area contributed by atoms with Crippen LogP contribution in [0.4, 0.5) is 0 Å². The summed E-state index contributed by atoms with van der Waals surface area (Å²) in [6.45, 7) is 8.35. The molecule has 0 aliphatic heterocycles. The van der Waals surface area contributed by atoms with Gasteiger partial charge < -0.3 is 15.4 Å². The molecule has 2 N–H and O–H groups in total. The molecule has 0 rings (SSSR count). The number of carbonyl (C=O) groups is 1. The fourth-order valence-corrected chi connectivity index (χ4v) is 1.00. The molecule has 0 bridgehead atoms. The van der Waals surface area contributed by atoms with E-state index < -0.39 is 0 Å². The van der Waals surface area contributed by atoms with Crippen molar-refractivity contribution in [3.63, 3.8) is 0 Å². The Kier molecular flexibility index (Phi) is 8.29. The number of ether oxygens (including phenoxy) is 1. The van der Waals surface area contributed by atoms with Gasteiger partial charge in [-0.15, -0.1) is 0 Å². The van der Waals surface area contributed by atoms with Gasteiger partial charge in [0.05, 0.1) is 13.5 Å². The molecule has 5 nitrogen and oxygen atoms in total. The summed E-state index contributed by atoms with van der Waals surface area (Å²) in [5.41, 5.74) is 0. The first-order valence-corrected chi connectivity index (χ1v) is 5.69. The third kappa shape index (κ3) is 8.08. The number of methoxy groups -OCH3 is 1. The summed E-state index contributed by atoms with van der Waals surface area (Å²) in [7, 11) is 1.39. The van der Waals surface area contributed by atoms with E-state index in [2.05, 4.69) is 34.2 Å². The summed E-state index contributed by atoms with van der Waals surface area (Å²) in [6.07, 6.45) is 0.350.